The molecule has 1 unspecified atom stereocenters. The van der Waals surface area contributed by atoms with Crippen molar-refractivity contribution in [2.45, 2.75) is 17.1 Å². The van der Waals surface area contributed by atoms with Crippen LogP contribution in [0.2, 0.25) is 0 Å². The third-order valence-electron chi connectivity index (χ3n) is 8.76. The number of ether oxygens (including phenoxy) is 2. The summed E-state index contributed by atoms with van der Waals surface area (Å²) < 4.78 is 14.1. The maximum Gasteiger partial charge on any atom is 0.295 e. The van der Waals surface area contributed by atoms with Gasteiger partial charge in [0.05, 0.1) is 25.6 Å². The summed E-state index contributed by atoms with van der Waals surface area (Å²) in [6.07, 6.45) is 1.53. The highest BCUT2D eigenvalue weighted by molar-refractivity contribution is 8.00. The van der Waals surface area contributed by atoms with Gasteiger partial charge in [-0.2, -0.15) is 0 Å². The Kier molecular flexibility index (Phi) is 12.0. The van der Waals surface area contributed by atoms with E-state index < -0.39 is 17.1 Å². The normalized spacial score (nSPS) is 11.7. The number of carbonyl (C=O) groups excluding carboxylic acids is 3. The van der Waals surface area contributed by atoms with Gasteiger partial charge in [-0.05, 0) is 73.2 Å². The minimum absolute atomic E-state index is 0.0312. The molecule has 0 aliphatic carbocycles. The van der Waals surface area contributed by atoms with Crippen molar-refractivity contribution in [3.8, 4) is 17.2 Å². The Morgan fingerprint density at radius 2 is 1.44 bits per heavy atom. The van der Waals surface area contributed by atoms with Crippen LogP contribution in [0.3, 0.4) is 0 Å². The molecule has 55 heavy (non-hydrogen) atoms. The van der Waals surface area contributed by atoms with Gasteiger partial charge in [0.15, 0.2) is 0 Å². The van der Waals surface area contributed by atoms with Gasteiger partial charge in [-0.1, -0.05) is 72.8 Å². The van der Waals surface area contributed by atoms with Crippen LogP contribution in [0, 0.1) is 6.92 Å². The second-order valence-electron chi connectivity index (χ2n) is 12.3. The minimum Gasteiger partial charge on any atom is -0.497 e. The molecule has 0 aliphatic heterocycles. The van der Waals surface area contributed by atoms with Gasteiger partial charge < -0.3 is 25.4 Å². The summed E-state index contributed by atoms with van der Waals surface area (Å²) in [4.78, 5) is 55.5. The fourth-order valence-electron chi connectivity index (χ4n) is 5.82. The predicted octanol–water partition coefficient (Wildman–Crippen LogP) is 7.38. The number of hydrogen-bond donors (Lipinski definition) is 3. The Bertz CT molecular complexity index is 2410. The number of rotatable bonds is 13. The summed E-state index contributed by atoms with van der Waals surface area (Å²) in [6.45, 7) is 1.78. The summed E-state index contributed by atoms with van der Waals surface area (Å²) in [7, 11) is 4.81. The second kappa shape index (κ2) is 17.4. The number of benzene rings is 5. The smallest absolute Gasteiger partial charge is 0.295 e. The minimum atomic E-state index is -0.764. The maximum atomic E-state index is 14.1. The van der Waals surface area contributed by atoms with E-state index in [2.05, 4.69) is 16.0 Å². The van der Waals surface area contributed by atoms with Crippen LogP contribution in [-0.2, 0) is 16.6 Å². The molecule has 6 aromatic rings. The summed E-state index contributed by atoms with van der Waals surface area (Å²) >= 11 is 1.27. The molecule has 6 rings (SSSR count). The van der Waals surface area contributed by atoms with E-state index in [-0.39, 0.29) is 22.9 Å². The first-order valence-electron chi connectivity index (χ1n) is 17.2. The molecular weight excluding hydrogens is 715 g/mol. The van der Waals surface area contributed by atoms with Crippen LogP contribution in [0.1, 0.15) is 32.4 Å². The van der Waals surface area contributed by atoms with Crippen molar-refractivity contribution in [1.29, 1.82) is 0 Å². The Labute approximate surface area is 322 Å². The highest BCUT2D eigenvalue weighted by Gasteiger charge is 2.26. The van der Waals surface area contributed by atoms with Gasteiger partial charge in [0, 0.05) is 34.8 Å². The molecule has 3 amide bonds. The van der Waals surface area contributed by atoms with Gasteiger partial charge in [-0.25, -0.2) is 4.68 Å². The first kappa shape index (κ1) is 38.0. The lowest BCUT2D eigenvalue weighted by atomic mass is 10.1. The number of thioether (sulfide) groups is 1. The molecule has 1 atom stereocenters. The Balaban J connectivity index is 1.27. The van der Waals surface area contributed by atoms with E-state index in [1.54, 1.807) is 85.4 Å². The molecule has 1 heterocycles. The van der Waals surface area contributed by atoms with Crippen LogP contribution in [0.25, 0.3) is 11.8 Å². The molecule has 5 aromatic carbocycles. The zero-order valence-corrected chi connectivity index (χ0v) is 31.4. The molecule has 0 saturated carbocycles. The van der Waals surface area contributed by atoms with Crippen LogP contribution in [0.5, 0.6) is 11.5 Å². The molecule has 11 nitrogen and oxygen atoms in total. The van der Waals surface area contributed by atoms with Crippen molar-refractivity contribution in [2.24, 2.45) is 7.05 Å². The lowest BCUT2D eigenvalue weighted by Gasteiger charge is -2.17. The molecule has 3 N–H and O–H groups in total. The fraction of sp³-hybridized carbons (Fsp3) is 0.116. The van der Waals surface area contributed by atoms with E-state index in [1.165, 1.54) is 36.7 Å². The number of nitrogens with zero attached hydrogens (tertiary/aromatic N) is 2. The average Bonchev–Trinajstić information content (AvgIpc) is 3.43. The van der Waals surface area contributed by atoms with Gasteiger partial charge in [-0.3, -0.25) is 23.9 Å². The Morgan fingerprint density at radius 1 is 0.764 bits per heavy atom. The van der Waals surface area contributed by atoms with Crippen molar-refractivity contribution in [3.63, 3.8) is 0 Å². The molecule has 0 aliphatic rings. The van der Waals surface area contributed by atoms with Crippen molar-refractivity contribution >= 4 is 46.9 Å². The Hall–Kier alpha value is -6.79. The summed E-state index contributed by atoms with van der Waals surface area (Å²) in [5.41, 5.74) is 3.12. The highest BCUT2D eigenvalue weighted by atomic mass is 32.2. The second-order valence-corrected chi connectivity index (χ2v) is 13.5. The third-order valence-corrected chi connectivity index (χ3v) is 10.0. The van der Waals surface area contributed by atoms with E-state index in [1.807, 2.05) is 66.7 Å². The molecule has 278 valence electrons. The van der Waals surface area contributed by atoms with Crippen LogP contribution >= 0.6 is 11.8 Å². The lowest BCUT2D eigenvalue weighted by Crippen LogP contribution is -2.30. The van der Waals surface area contributed by atoms with Gasteiger partial charge >= 0.3 is 0 Å². The first-order valence-corrected chi connectivity index (χ1v) is 18.1. The number of methoxy groups -OCH3 is 2. The number of para-hydroxylation sites is 1. The van der Waals surface area contributed by atoms with Gasteiger partial charge in [0.1, 0.15) is 28.1 Å². The number of hydrogen-bond acceptors (Lipinski definition) is 7. The molecular formula is C43H39N5O6S. The van der Waals surface area contributed by atoms with E-state index in [9.17, 15) is 19.2 Å². The van der Waals surface area contributed by atoms with Crippen LogP contribution in [0.4, 0.5) is 11.4 Å². The number of amides is 3. The monoisotopic (exact) mass is 753 g/mol. The average molecular weight is 754 g/mol. The largest absolute Gasteiger partial charge is 0.497 e. The van der Waals surface area contributed by atoms with Crippen molar-refractivity contribution in [3.05, 3.63) is 172 Å². The van der Waals surface area contributed by atoms with Gasteiger partial charge in [0.2, 0.25) is 5.91 Å². The quantitative estimate of drug-likeness (QED) is 0.0828. The number of aromatic nitrogens is 2. The number of anilines is 2. The molecule has 0 radical (unpaired) electrons. The molecule has 0 fully saturated rings. The van der Waals surface area contributed by atoms with Crippen molar-refractivity contribution in [1.82, 2.24) is 14.7 Å². The summed E-state index contributed by atoms with van der Waals surface area (Å²) in [5, 5.41) is 7.79. The molecule has 0 spiro atoms. The predicted molar refractivity (Wildman–Crippen MR) is 216 cm³/mol. The topological polar surface area (TPSA) is 133 Å². The van der Waals surface area contributed by atoms with E-state index >= 15 is 0 Å². The van der Waals surface area contributed by atoms with Gasteiger partial charge in [0.25, 0.3) is 17.4 Å². The lowest BCUT2D eigenvalue weighted by molar-refractivity contribution is -0.116. The number of nitrogens with one attached hydrogen (secondary N) is 3. The summed E-state index contributed by atoms with van der Waals surface area (Å²) in [6, 6.07) is 39.2. The molecule has 0 bridgehead atoms. The molecule has 12 heteroatoms. The zero-order valence-electron chi connectivity index (χ0n) is 30.6. The number of carbonyl (C=O) groups is 3. The summed E-state index contributed by atoms with van der Waals surface area (Å²) in [5.74, 6) is -0.449. The maximum absolute atomic E-state index is 14.1. The van der Waals surface area contributed by atoms with E-state index in [0.29, 0.717) is 44.6 Å². The standard InChI is InChI=1S/C43H39N5O6S/c1-28-38(43(52)48(47(28)2)33-20-12-7-13-21-33)46-42(51)39(29-15-8-5-9-16-29)55-35-22-14-19-32(26-35)44-41(50)36(45-40(49)30-17-10-6-11-18-30)25-31-23-24-34(53-3)27-37(31)54-4/h5-27,39H,1-4H3,(H,44,50)(H,45,49)(H,46,51)/b36-25+. The van der Waals surface area contributed by atoms with Gasteiger partial charge in [-0.15, -0.1) is 11.8 Å². The first-order chi connectivity index (χ1) is 26.7. The molecule has 1 aromatic heterocycles. The third kappa shape index (κ3) is 8.89. The van der Waals surface area contributed by atoms with Crippen molar-refractivity contribution < 1.29 is 23.9 Å². The molecule has 0 saturated heterocycles. The van der Waals surface area contributed by atoms with Crippen LogP contribution in [-0.4, -0.2) is 41.3 Å². The fourth-order valence-corrected chi connectivity index (χ4v) is 6.90. The van der Waals surface area contributed by atoms with Crippen molar-refractivity contribution in [2.75, 3.05) is 24.9 Å². The SMILES string of the molecule is COc1ccc(/C=C(/NC(=O)c2ccccc2)C(=O)Nc2cccc(SC(C(=O)Nc3c(C)n(C)n(-c4ccccc4)c3=O)c3ccccc3)c2)c(OC)c1. The zero-order chi connectivity index (χ0) is 38.9. The Morgan fingerprint density at radius 3 is 2.11 bits per heavy atom. The van der Waals surface area contributed by atoms with Crippen LogP contribution < -0.4 is 31.0 Å². The van der Waals surface area contributed by atoms with E-state index in [4.69, 9.17) is 9.47 Å². The van der Waals surface area contributed by atoms with Crippen LogP contribution in [0.15, 0.2) is 149 Å². The highest BCUT2D eigenvalue weighted by Crippen LogP contribution is 2.37. The van der Waals surface area contributed by atoms with E-state index in [0.717, 1.165) is 5.56 Å².